The smallest absolute Gasteiger partial charge is 0.306 e. The molecule has 7 rings (SSSR count). The molecule has 1 amide bonds. The molecule has 3 aromatic carbocycles. The van der Waals surface area contributed by atoms with E-state index in [-0.39, 0.29) is 17.9 Å². The molecular formula is C39H39Cl3N6O4S. The largest absolute Gasteiger partial charge is 0.481 e. The van der Waals surface area contributed by atoms with Crippen LogP contribution in [0.3, 0.4) is 0 Å². The monoisotopic (exact) mass is 792 g/mol. The SMILES string of the molecule is COc1nc(-c2cccc(-c3cccc(Nc4cc(Cl)cc5sc(CN6CCC(C(=O)O)CC6)nc45)c3Cl)c2Cl)cc(C)c1CNC[C@@H]1CCC(=O)N1. The molecule has 0 saturated carbocycles. The highest BCUT2D eigenvalue weighted by molar-refractivity contribution is 7.18. The highest BCUT2D eigenvalue weighted by Gasteiger charge is 2.26. The standard InChI is InChI=1S/C39H39Cl3N6O4S/c1-21-15-30(46-38(52-2)28(21)19-43-18-24-9-10-33(49)44-24)27-7-3-5-25(35(27)41)26-6-4-8-29(36(26)42)45-31-16-23(40)17-32-37(31)47-34(53-32)20-48-13-11-22(12-14-48)39(50)51/h3-8,15-17,22,24,43,45H,9-14,18-20H2,1-2H3,(H,44,49)(H,50,51)/t24-/m0/s1. The fourth-order valence-electron chi connectivity index (χ4n) is 7.05. The van der Waals surface area contributed by atoms with Gasteiger partial charge in [-0.15, -0.1) is 11.3 Å². The number of carboxylic acids is 1. The van der Waals surface area contributed by atoms with Crippen molar-refractivity contribution >= 4 is 79.6 Å². The van der Waals surface area contributed by atoms with Crippen LogP contribution in [0, 0.1) is 12.8 Å². The summed E-state index contributed by atoms with van der Waals surface area (Å²) >= 11 is 22.5. The average molecular weight is 794 g/mol. The molecule has 5 aromatic rings. The third-order valence-electron chi connectivity index (χ3n) is 9.91. The highest BCUT2D eigenvalue weighted by atomic mass is 35.5. The number of hydrogen-bond acceptors (Lipinski definition) is 9. The number of fused-ring (bicyclic) bond motifs is 1. The number of benzene rings is 3. The van der Waals surface area contributed by atoms with Gasteiger partial charge in [-0.2, -0.15) is 0 Å². The Kier molecular flexibility index (Phi) is 11.4. The van der Waals surface area contributed by atoms with Gasteiger partial charge in [-0.25, -0.2) is 9.97 Å². The van der Waals surface area contributed by atoms with E-state index < -0.39 is 5.97 Å². The van der Waals surface area contributed by atoms with Crippen molar-refractivity contribution in [2.24, 2.45) is 5.92 Å². The molecule has 0 aliphatic carbocycles. The van der Waals surface area contributed by atoms with E-state index in [1.165, 1.54) is 0 Å². The third kappa shape index (κ3) is 8.25. The van der Waals surface area contributed by atoms with Crippen molar-refractivity contribution < 1.29 is 19.4 Å². The van der Waals surface area contributed by atoms with Crippen molar-refractivity contribution in [1.29, 1.82) is 0 Å². The lowest BCUT2D eigenvalue weighted by Crippen LogP contribution is -2.35. The lowest BCUT2D eigenvalue weighted by atomic mass is 9.97. The molecule has 4 heterocycles. The van der Waals surface area contributed by atoms with Crippen LogP contribution in [-0.4, -0.2) is 64.6 Å². The number of aromatic nitrogens is 2. The van der Waals surface area contributed by atoms with E-state index in [0.29, 0.717) is 71.2 Å². The van der Waals surface area contributed by atoms with Gasteiger partial charge in [0, 0.05) is 52.8 Å². The summed E-state index contributed by atoms with van der Waals surface area (Å²) in [5.74, 6) is -0.395. The second kappa shape index (κ2) is 16.2. The molecule has 1 atom stereocenters. The van der Waals surface area contributed by atoms with Gasteiger partial charge in [0.1, 0.15) is 10.5 Å². The normalized spacial score (nSPS) is 16.6. The van der Waals surface area contributed by atoms with E-state index in [9.17, 15) is 14.7 Å². The van der Waals surface area contributed by atoms with Crippen molar-refractivity contribution in [2.75, 3.05) is 32.1 Å². The molecule has 0 bridgehead atoms. The molecule has 10 nitrogen and oxygen atoms in total. The number of thiazole rings is 1. The topological polar surface area (TPSA) is 129 Å². The number of likely N-dealkylation sites (tertiary alicyclic amines) is 1. The lowest BCUT2D eigenvalue weighted by molar-refractivity contribution is -0.143. The van der Waals surface area contributed by atoms with E-state index in [1.807, 2.05) is 61.5 Å². The van der Waals surface area contributed by atoms with Crippen LogP contribution in [0.4, 0.5) is 11.4 Å². The Morgan fingerprint density at radius 2 is 1.74 bits per heavy atom. The summed E-state index contributed by atoms with van der Waals surface area (Å²) in [4.78, 5) is 35.1. The summed E-state index contributed by atoms with van der Waals surface area (Å²) in [7, 11) is 1.61. The first kappa shape index (κ1) is 37.3. The Labute approximate surface area is 326 Å². The number of carboxylic acid groups (broad SMARTS) is 1. The first-order chi connectivity index (χ1) is 25.6. The Hall–Kier alpha value is -3.97. The zero-order chi connectivity index (χ0) is 37.2. The Bertz CT molecular complexity index is 2190. The van der Waals surface area contributed by atoms with Gasteiger partial charge >= 0.3 is 5.97 Å². The molecule has 2 aromatic heterocycles. The lowest BCUT2D eigenvalue weighted by Gasteiger charge is -2.29. The first-order valence-electron chi connectivity index (χ1n) is 17.5. The number of hydrogen-bond donors (Lipinski definition) is 4. The van der Waals surface area contributed by atoms with E-state index in [0.717, 1.165) is 68.2 Å². The van der Waals surface area contributed by atoms with Crippen molar-refractivity contribution in [3.05, 3.63) is 85.8 Å². The van der Waals surface area contributed by atoms with Crippen molar-refractivity contribution in [1.82, 2.24) is 25.5 Å². The molecule has 2 fully saturated rings. The number of nitrogens with one attached hydrogen (secondary N) is 3. The van der Waals surface area contributed by atoms with Crippen LogP contribution in [0.1, 0.15) is 41.8 Å². The number of anilines is 2. The summed E-state index contributed by atoms with van der Waals surface area (Å²) in [5, 5.41) is 21.8. The van der Waals surface area contributed by atoms with Crippen molar-refractivity contribution in [2.45, 2.75) is 51.7 Å². The molecule has 2 aliphatic heterocycles. The molecule has 0 unspecified atom stereocenters. The van der Waals surface area contributed by atoms with Gasteiger partial charge in [0.05, 0.1) is 51.4 Å². The third-order valence-corrected chi connectivity index (χ3v) is 11.9. The Morgan fingerprint density at radius 1 is 1.00 bits per heavy atom. The summed E-state index contributed by atoms with van der Waals surface area (Å²) in [6, 6.07) is 17.4. The number of carbonyl (C=O) groups is 2. The van der Waals surface area contributed by atoms with Gasteiger partial charge in [-0.1, -0.05) is 65.1 Å². The van der Waals surface area contributed by atoms with Crippen LogP contribution in [-0.2, 0) is 22.7 Å². The number of ether oxygens (including phenoxy) is 1. The summed E-state index contributed by atoms with van der Waals surface area (Å²) < 4.78 is 6.68. The molecular weight excluding hydrogens is 755 g/mol. The Balaban J connectivity index is 1.12. The maximum absolute atomic E-state index is 11.6. The number of halogens is 3. The molecule has 2 saturated heterocycles. The van der Waals surface area contributed by atoms with Crippen LogP contribution in [0.2, 0.25) is 15.1 Å². The molecule has 2 aliphatic rings. The van der Waals surface area contributed by atoms with Crippen LogP contribution in [0.25, 0.3) is 32.6 Å². The van der Waals surface area contributed by atoms with E-state index >= 15 is 0 Å². The highest BCUT2D eigenvalue weighted by Crippen LogP contribution is 2.43. The van der Waals surface area contributed by atoms with Crippen molar-refractivity contribution in [3.63, 3.8) is 0 Å². The maximum Gasteiger partial charge on any atom is 0.306 e. The van der Waals surface area contributed by atoms with Gasteiger partial charge in [0.15, 0.2) is 0 Å². The molecule has 0 spiro atoms. The molecule has 0 radical (unpaired) electrons. The van der Waals surface area contributed by atoms with E-state index in [2.05, 4.69) is 20.9 Å². The predicted octanol–water partition coefficient (Wildman–Crippen LogP) is 8.71. The van der Waals surface area contributed by atoms with Gasteiger partial charge in [-0.3, -0.25) is 14.5 Å². The molecule has 14 heteroatoms. The van der Waals surface area contributed by atoms with Crippen LogP contribution >= 0.6 is 46.1 Å². The number of amides is 1. The zero-order valence-electron chi connectivity index (χ0n) is 29.3. The number of methoxy groups -OCH3 is 1. The molecule has 276 valence electrons. The minimum atomic E-state index is -0.719. The fraction of sp³-hybridized carbons (Fsp3) is 0.333. The van der Waals surface area contributed by atoms with Crippen molar-refractivity contribution in [3.8, 4) is 28.3 Å². The Morgan fingerprint density at radius 3 is 2.45 bits per heavy atom. The second-order valence-corrected chi connectivity index (χ2v) is 15.8. The van der Waals surface area contributed by atoms with E-state index in [1.54, 1.807) is 18.4 Å². The summed E-state index contributed by atoms with van der Waals surface area (Å²) in [5.41, 5.74) is 7.04. The van der Waals surface area contributed by atoms with Gasteiger partial charge in [-0.05, 0) is 69.1 Å². The average Bonchev–Trinajstić information content (AvgIpc) is 3.75. The van der Waals surface area contributed by atoms with Crippen LogP contribution < -0.4 is 20.7 Å². The second-order valence-electron chi connectivity index (χ2n) is 13.5. The summed E-state index contributed by atoms with van der Waals surface area (Å²) in [6.45, 7) is 5.33. The van der Waals surface area contributed by atoms with E-state index in [4.69, 9.17) is 49.5 Å². The number of aryl methyl sites for hydroxylation is 1. The minimum absolute atomic E-state index is 0.0945. The molecule has 4 N–H and O–H groups in total. The van der Waals surface area contributed by atoms with Crippen LogP contribution in [0.5, 0.6) is 5.88 Å². The van der Waals surface area contributed by atoms with Crippen LogP contribution in [0.15, 0.2) is 54.6 Å². The number of aliphatic carboxylic acids is 1. The van der Waals surface area contributed by atoms with Gasteiger partial charge in [0.2, 0.25) is 11.8 Å². The first-order valence-corrected chi connectivity index (χ1v) is 19.5. The van der Waals surface area contributed by atoms with Gasteiger partial charge < -0.3 is 25.8 Å². The predicted molar refractivity (Wildman–Crippen MR) is 213 cm³/mol. The number of rotatable bonds is 12. The maximum atomic E-state index is 11.6. The number of nitrogens with zero attached hydrogens (tertiary/aromatic N) is 3. The minimum Gasteiger partial charge on any atom is -0.481 e. The number of piperidine rings is 1. The quantitative estimate of drug-likeness (QED) is 0.0981. The number of carbonyl (C=O) groups excluding carboxylic acids is 1. The number of pyridine rings is 1. The molecule has 53 heavy (non-hydrogen) atoms. The summed E-state index contributed by atoms with van der Waals surface area (Å²) in [6.07, 6.45) is 2.67. The van der Waals surface area contributed by atoms with Gasteiger partial charge in [0.25, 0.3) is 0 Å². The zero-order valence-corrected chi connectivity index (χ0v) is 32.4. The fourth-order valence-corrected chi connectivity index (χ4v) is 9.01.